The summed E-state index contributed by atoms with van der Waals surface area (Å²) in [5, 5.41) is -1.18. The van der Waals surface area contributed by atoms with Crippen molar-refractivity contribution in [2.75, 3.05) is 27.1 Å². The van der Waals surface area contributed by atoms with Gasteiger partial charge < -0.3 is 19.9 Å². The highest BCUT2D eigenvalue weighted by Gasteiger charge is 2.40. The van der Waals surface area contributed by atoms with E-state index in [1.165, 1.54) is 33.5 Å². The van der Waals surface area contributed by atoms with Crippen LogP contribution in [0.2, 0.25) is 0 Å². The van der Waals surface area contributed by atoms with Crippen molar-refractivity contribution in [2.45, 2.75) is 15.2 Å². The minimum Gasteiger partial charge on any atom is -0.497 e. The van der Waals surface area contributed by atoms with E-state index in [0.29, 0.717) is 22.6 Å². The molecule has 1 atom stereocenters. The molecule has 0 radical (unpaired) electrons. The molecule has 1 aromatic heterocycles. The van der Waals surface area contributed by atoms with Gasteiger partial charge in [0.1, 0.15) is 21.7 Å². The van der Waals surface area contributed by atoms with Gasteiger partial charge in [-0.05, 0) is 53.6 Å². The van der Waals surface area contributed by atoms with Gasteiger partial charge in [0.15, 0.2) is 5.03 Å². The molecule has 0 amide bonds. The van der Waals surface area contributed by atoms with Crippen LogP contribution < -0.4 is 25.8 Å². The first-order valence-electron chi connectivity index (χ1n) is 12.3. The first-order valence-corrected chi connectivity index (χ1v) is 14.7. The predicted octanol–water partition coefficient (Wildman–Crippen LogP) is 3.16. The summed E-state index contributed by atoms with van der Waals surface area (Å²) >= 11 is 0.969. The molecule has 11 heteroatoms. The number of benzene rings is 3. The first kappa shape index (κ1) is 28.1. The van der Waals surface area contributed by atoms with E-state index in [2.05, 4.69) is 0 Å². The Labute approximate surface area is 240 Å². The Morgan fingerprint density at radius 1 is 0.927 bits per heavy atom. The molecule has 3 aromatic carbocycles. The lowest BCUT2D eigenvalue weighted by Crippen LogP contribution is -2.42. The van der Waals surface area contributed by atoms with Crippen LogP contribution in [0.5, 0.6) is 11.5 Å². The Hall–Kier alpha value is -4.48. The summed E-state index contributed by atoms with van der Waals surface area (Å²) in [7, 11) is -0.0905. The second-order valence-electron chi connectivity index (χ2n) is 8.99. The van der Waals surface area contributed by atoms with Gasteiger partial charge in [-0.25, -0.2) is 13.2 Å². The van der Waals surface area contributed by atoms with Crippen molar-refractivity contribution in [1.82, 2.24) is 4.57 Å². The van der Waals surface area contributed by atoms with Crippen LogP contribution in [-0.4, -0.2) is 46.2 Å². The number of nitrogens with two attached hydrogens (primary N) is 1. The molecule has 0 saturated heterocycles. The Kier molecular flexibility index (Phi) is 7.65. The number of esters is 1. The summed E-state index contributed by atoms with van der Waals surface area (Å²) in [5.41, 5.74) is 7.57. The molecule has 41 heavy (non-hydrogen) atoms. The highest BCUT2D eigenvalue weighted by atomic mass is 32.2. The molecular weight excluding hydrogens is 564 g/mol. The van der Waals surface area contributed by atoms with Crippen molar-refractivity contribution in [3.05, 3.63) is 101 Å². The molecule has 2 heterocycles. The molecule has 1 aliphatic heterocycles. The number of anilines is 1. The largest absolute Gasteiger partial charge is 0.497 e. The number of hydrogen-bond donors (Lipinski definition) is 1. The number of nitrogen functional groups attached to an aromatic ring is 1. The molecule has 0 bridgehead atoms. The van der Waals surface area contributed by atoms with Crippen LogP contribution in [0, 0.1) is 0 Å². The van der Waals surface area contributed by atoms with Crippen LogP contribution in [0.3, 0.4) is 0 Å². The zero-order chi connectivity index (χ0) is 29.3. The first-order chi connectivity index (χ1) is 19.7. The maximum Gasteiger partial charge on any atom is 0.346 e. The van der Waals surface area contributed by atoms with Gasteiger partial charge in [0.25, 0.3) is 0 Å². The van der Waals surface area contributed by atoms with E-state index >= 15 is 0 Å². The highest BCUT2D eigenvalue weighted by Crippen LogP contribution is 2.41. The Balaban J connectivity index is 1.91. The molecule has 0 fully saturated rings. The molecule has 4 aromatic rings. The van der Waals surface area contributed by atoms with E-state index < -0.39 is 32.0 Å². The molecule has 5 rings (SSSR count). The number of aromatic nitrogens is 1. The van der Waals surface area contributed by atoms with Crippen LogP contribution in [0.25, 0.3) is 11.0 Å². The minimum absolute atomic E-state index is 0.0373. The van der Waals surface area contributed by atoms with Crippen LogP contribution in [0.1, 0.15) is 21.2 Å². The molecule has 1 aliphatic rings. The molecule has 1 unspecified atom stereocenters. The topological polar surface area (TPSA) is 127 Å². The van der Waals surface area contributed by atoms with Crippen molar-refractivity contribution >= 4 is 50.1 Å². The fourth-order valence-corrected chi connectivity index (χ4v) is 7.41. The second-order valence-corrected chi connectivity index (χ2v) is 12.0. The van der Waals surface area contributed by atoms with Crippen molar-refractivity contribution in [3.8, 4) is 11.5 Å². The fourth-order valence-electron chi connectivity index (χ4n) is 4.63. The Bertz CT molecular complexity index is 1900. The normalized spacial score (nSPS) is 15.4. The number of rotatable bonds is 7. The van der Waals surface area contributed by atoms with Crippen LogP contribution in [0.4, 0.5) is 5.69 Å². The summed E-state index contributed by atoms with van der Waals surface area (Å²) in [6.07, 6.45) is 1.62. The number of carbonyl (C=O) groups is 2. The van der Waals surface area contributed by atoms with Gasteiger partial charge >= 0.3 is 5.97 Å². The number of methoxy groups -OCH3 is 3. The van der Waals surface area contributed by atoms with Crippen molar-refractivity contribution in [2.24, 2.45) is 0 Å². The zero-order valence-electron chi connectivity index (χ0n) is 22.4. The smallest absolute Gasteiger partial charge is 0.346 e. The van der Waals surface area contributed by atoms with Gasteiger partial charge in [-0.15, -0.1) is 0 Å². The van der Waals surface area contributed by atoms with Gasteiger partial charge in [-0.2, -0.15) is 0 Å². The number of carbonyl (C=O) groups excluding carboxylic acids is 2. The molecule has 0 spiro atoms. The average Bonchev–Trinajstić information content (AvgIpc) is 3.30. The number of sulfone groups is 1. The van der Waals surface area contributed by atoms with E-state index in [0.717, 1.165) is 16.3 Å². The monoisotopic (exact) mass is 590 g/mol. The summed E-state index contributed by atoms with van der Waals surface area (Å²) < 4.78 is 45.0. The lowest BCUT2D eigenvalue weighted by molar-refractivity contribution is -0.133. The van der Waals surface area contributed by atoms with Gasteiger partial charge in [0, 0.05) is 5.22 Å². The van der Waals surface area contributed by atoms with Gasteiger partial charge in [-0.1, -0.05) is 54.2 Å². The van der Waals surface area contributed by atoms with Gasteiger partial charge in [-0.3, -0.25) is 9.36 Å². The summed E-state index contributed by atoms with van der Waals surface area (Å²) in [5.74, 6) is -0.267. The Morgan fingerprint density at radius 3 is 2.24 bits per heavy atom. The molecular formula is C30H26N2O7S2. The molecule has 0 saturated carbocycles. The summed E-state index contributed by atoms with van der Waals surface area (Å²) in [6.45, 7) is 0. The number of fused-ring (bicyclic) bond motifs is 1. The van der Waals surface area contributed by atoms with Crippen molar-refractivity contribution in [3.63, 3.8) is 0 Å². The molecule has 9 nitrogen and oxygen atoms in total. The number of nitrogens with zero attached hydrogens (tertiary/aromatic N) is 1. The van der Waals surface area contributed by atoms with E-state index in [9.17, 15) is 18.0 Å². The number of hydrogen-bond acceptors (Lipinski definition) is 9. The molecule has 210 valence electrons. The third-order valence-corrected chi connectivity index (χ3v) is 9.69. The van der Waals surface area contributed by atoms with E-state index in [4.69, 9.17) is 19.9 Å². The van der Waals surface area contributed by atoms with E-state index in [1.54, 1.807) is 72.8 Å². The molecule has 2 N–H and O–H groups in total. The Morgan fingerprint density at radius 2 is 1.59 bits per heavy atom. The predicted molar refractivity (Wildman–Crippen MR) is 156 cm³/mol. The average molecular weight is 591 g/mol. The maximum atomic E-state index is 14.3. The third-order valence-electron chi connectivity index (χ3n) is 6.58. The molecule has 0 aliphatic carbocycles. The van der Waals surface area contributed by atoms with Crippen molar-refractivity contribution in [1.29, 1.82) is 0 Å². The van der Waals surface area contributed by atoms with Crippen LogP contribution in [0.15, 0.2) is 88.8 Å². The minimum atomic E-state index is -4.33. The standard InChI is InChI=1S/C30H26N2O7S2/c1-37-20-11-7-9-18(15-20)16-23-24(31)29(41(35,36)22-13-5-4-6-14-22)32-25(23)27(30(34)39-3)40-26(28(32)33)19-10-8-12-21(17-19)38-2/h4-17,26H,31H2,1-3H3/b23-16+. The van der Waals surface area contributed by atoms with Crippen molar-refractivity contribution < 1.29 is 32.2 Å². The van der Waals surface area contributed by atoms with Gasteiger partial charge in [0.2, 0.25) is 15.7 Å². The van der Waals surface area contributed by atoms with Crippen LogP contribution >= 0.6 is 11.8 Å². The van der Waals surface area contributed by atoms with Gasteiger partial charge in [0.05, 0.1) is 37.3 Å². The number of ether oxygens (including phenoxy) is 3. The van der Waals surface area contributed by atoms with Crippen LogP contribution in [-0.2, 0) is 19.4 Å². The summed E-state index contributed by atoms with van der Waals surface area (Å²) in [6, 6.07) is 21.5. The lowest BCUT2D eigenvalue weighted by atomic mass is 10.1. The number of thioether (sulfide) groups is 1. The van der Waals surface area contributed by atoms with E-state index in [1.807, 2.05) is 0 Å². The highest BCUT2D eigenvalue weighted by molar-refractivity contribution is 8.10. The SMILES string of the molecule is COC(=O)C1=c2/c(=C/c3cccc(OC)c3)c(N)c(S(=O)(=O)c3ccccc3)n2C(=O)C(c2cccc(OC)c2)S1. The van der Waals surface area contributed by atoms with E-state index in [-0.39, 0.29) is 26.1 Å². The quantitative estimate of drug-likeness (QED) is 0.323. The second kappa shape index (κ2) is 11.2. The lowest BCUT2D eigenvalue weighted by Gasteiger charge is -2.24. The maximum absolute atomic E-state index is 14.3. The fraction of sp³-hybridized carbons (Fsp3) is 0.133. The summed E-state index contributed by atoms with van der Waals surface area (Å²) in [4.78, 5) is 27.5. The zero-order valence-corrected chi connectivity index (χ0v) is 24.0. The third kappa shape index (κ3) is 4.98.